The molecule has 10 N–H and O–H groups in total. The van der Waals surface area contributed by atoms with Gasteiger partial charge < -0.3 is 47.8 Å². The Labute approximate surface area is 193 Å². The average molecular weight is 487 g/mol. The van der Waals surface area contributed by atoms with E-state index in [4.69, 9.17) is 16.6 Å². The fourth-order valence-corrected chi connectivity index (χ4v) is 3.07. The zero-order valence-corrected chi connectivity index (χ0v) is 18.2. The summed E-state index contributed by atoms with van der Waals surface area (Å²) in [6.07, 6.45) is 0.443. The van der Waals surface area contributed by atoms with Gasteiger partial charge in [-0.2, -0.15) is 0 Å². The lowest BCUT2D eigenvalue weighted by Gasteiger charge is -2.26. The maximum Gasteiger partial charge on any atom is 0.322 e. The van der Waals surface area contributed by atoms with Crippen LogP contribution < -0.4 is 32.7 Å². The Hall–Kier alpha value is -3.79. The molecule has 1 fully saturated rings. The van der Waals surface area contributed by atoms with Crippen LogP contribution in [0.4, 0.5) is 0 Å². The Kier molecular flexibility index (Phi) is 11.4. The van der Waals surface area contributed by atoms with Crippen molar-refractivity contribution in [1.29, 1.82) is 0 Å². The molecule has 1 rings (SSSR count). The molecule has 1 saturated heterocycles. The van der Waals surface area contributed by atoms with Crippen molar-refractivity contribution in [2.24, 2.45) is 11.5 Å². The molecular formula is C18H29N7O9. The largest absolute Gasteiger partial charge is 0.480 e. The minimum atomic E-state index is -1.44. The Balaban J connectivity index is 2.51. The Morgan fingerprint density at radius 3 is 2.21 bits per heavy atom. The molecule has 190 valence electrons. The second-order valence-electron chi connectivity index (χ2n) is 7.38. The molecule has 0 unspecified atom stereocenters. The van der Waals surface area contributed by atoms with Crippen molar-refractivity contribution in [2.75, 3.05) is 32.8 Å². The fraction of sp³-hybridized carbons (Fsp3) is 0.611. The minimum absolute atomic E-state index is 0.238. The van der Waals surface area contributed by atoms with Crippen molar-refractivity contribution in [1.82, 2.24) is 26.2 Å². The van der Waals surface area contributed by atoms with E-state index in [1.807, 2.05) is 5.32 Å². The standard InChI is InChI=1S/C18H29N7O9/c19-9(4-12(20)27)18(34)25-3-1-2-11(25)17(33)23-6-14(29)24-10(8-26)16(32)22-5-13(28)21-7-15(30)31/h9-11,26H,1-8,19H2,(H2,20,27)(H,21,28)(H,22,32)(H,23,33)(H,24,29)(H,30,31)/t9-,10-,11-/m0/s1. The molecule has 0 radical (unpaired) electrons. The number of nitrogens with zero attached hydrogens (tertiary/aromatic N) is 1. The molecule has 16 nitrogen and oxygen atoms in total. The molecule has 0 aliphatic carbocycles. The summed E-state index contributed by atoms with van der Waals surface area (Å²) < 4.78 is 0. The van der Waals surface area contributed by atoms with E-state index >= 15 is 0 Å². The lowest BCUT2D eigenvalue weighted by molar-refractivity contribution is -0.140. The van der Waals surface area contributed by atoms with Gasteiger partial charge in [-0.3, -0.25) is 33.6 Å². The van der Waals surface area contributed by atoms with Crippen molar-refractivity contribution in [2.45, 2.75) is 37.4 Å². The number of aliphatic hydroxyl groups is 1. The number of nitrogens with one attached hydrogen (secondary N) is 4. The van der Waals surface area contributed by atoms with Gasteiger partial charge in [0.05, 0.1) is 32.2 Å². The molecule has 3 atom stereocenters. The molecule has 0 bridgehead atoms. The van der Waals surface area contributed by atoms with Gasteiger partial charge in [0.1, 0.15) is 18.6 Å². The zero-order valence-electron chi connectivity index (χ0n) is 18.2. The summed E-state index contributed by atoms with van der Waals surface area (Å²) in [5.41, 5.74) is 10.7. The summed E-state index contributed by atoms with van der Waals surface area (Å²) in [6.45, 7) is -2.38. The number of carboxylic acids is 1. The Bertz CT molecular complexity index is 820. The Morgan fingerprint density at radius 2 is 1.62 bits per heavy atom. The van der Waals surface area contributed by atoms with Crippen LogP contribution in [0.1, 0.15) is 19.3 Å². The molecule has 16 heteroatoms. The predicted octanol–water partition coefficient (Wildman–Crippen LogP) is -5.91. The van der Waals surface area contributed by atoms with Crippen LogP contribution in [0, 0.1) is 0 Å². The van der Waals surface area contributed by atoms with Crippen molar-refractivity contribution < 1.29 is 43.8 Å². The molecule has 1 aliphatic rings. The van der Waals surface area contributed by atoms with Crippen molar-refractivity contribution in [3.05, 3.63) is 0 Å². The maximum absolute atomic E-state index is 12.5. The topological polar surface area (TPSA) is 263 Å². The first-order valence-electron chi connectivity index (χ1n) is 10.2. The van der Waals surface area contributed by atoms with Crippen molar-refractivity contribution in [3.8, 4) is 0 Å². The molecule has 0 aromatic carbocycles. The first kappa shape index (κ1) is 28.2. The number of likely N-dealkylation sites (tertiary alicyclic amines) is 1. The smallest absolute Gasteiger partial charge is 0.322 e. The van der Waals surface area contributed by atoms with Gasteiger partial charge in [-0.15, -0.1) is 0 Å². The number of primary amides is 1. The SMILES string of the molecule is NC(=O)C[C@H](N)C(=O)N1CCC[C@H]1C(=O)NCC(=O)N[C@@H](CO)C(=O)NCC(=O)NCC(=O)O. The summed E-state index contributed by atoms with van der Waals surface area (Å²) in [6, 6.07) is -3.53. The number of amides is 6. The Morgan fingerprint density at radius 1 is 0.971 bits per heavy atom. The van der Waals surface area contributed by atoms with Gasteiger partial charge in [0.2, 0.25) is 35.4 Å². The molecule has 1 aliphatic heterocycles. The summed E-state index contributed by atoms with van der Waals surface area (Å²) in [4.78, 5) is 82.9. The second-order valence-corrected chi connectivity index (χ2v) is 7.38. The van der Waals surface area contributed by atoms with Crippen LogP contribution in [0.25, 0.3) is 0 Å². The van der Waals surface area contributed by atoms with Gasteiger partial charge in [-0.05, 0) is 12.8 Å². The molecule has 0 saturated carbocycles. The number of nitrogens with two attached hydrogens (primary N) is 2. The molecule has 0 aromatic heterocycles. The first-order chi connectivity index (χ1) is 16.0. The summed E-state index contributed by atoms with van der Waals surface area (Å²) >= 11 is 0. The number of rotatable bonds is 13. The number of hydrogen-bond acceptors (Lipinski definition) is 9. The molecule has 0 aromatic rings. The van der Waals surface area contributed by atoms with Crippen molar-refractivity contribution in [3.63, 3.8) is 0 Å². The van der Waals surface area contributed by atoms with E-state index in [1.54, 1.807) is 0 Å². The number of aliphatic hydroxyl groups excluding tert-OH is 1. The summed E-state index contributed by atoms with van der Waals surface area (Å²) in [7, 11) is 0. The van der Waals surface area contributed by atoms with E-state index in [2.05, 4.69) is 16.0 Å². The van der Waals surface area contributed by atoms with Crippen LogP contribution in [-0.2, 0) is 33.6 Å². The van der Waals surface area contributed by atoms with E-state index in [-0.39, 0.29) is 13.0 Å². The molecule has 34 heavy (non-hydrogen) atoms. The highest BCUT2D eigenvalue weighted by atomic mass is 16.4. The monoisotopic (exact) mass is 487 g/mol. The molecular weight excluding hydrogens is 458 g/mol. The van der Waals surface area contributed by atoms with Crippen molar-refractivity contribution >= 4 is 41.4 Å². The van der Waals surface area contributed by atoms with E-state index in [0.29, 0.717) is 12.8 Å². The van der Waals surface area contributed by atoms with Crippen LogP contribution in [0.3, 0.4) is 0 Å². The second kappa shape index (κ2) is 13.7. The molecule has 1 heterocycles. The normalized spacial score (nSPS) is 16.6. The lowest BCUT2D eigenvalue weighted by atomic mass is 10.1. The zero-order chi connectivity index (χ0) is 25.8. The lowest BCUT2D eigenvalue weighted by Crippen LogP contribution is -2.55. The first-order valence-corrected chi connectivity index (χ1v) is 10.2. The highest BCUT2D eigenvalue weighted by Crippen LogP contribution is 2.18. The van der Waals surface area contributed by atoms with Crippen LogP contribution in [0.2, 0.25) is 0 Å². The predicted molar refractivity (Wildman–Crippen MR) is 112 cm³/mol. The van der Waals surface area contributed by atoms with E-state index in [0.717, 1.165) is 0 Å². The maximum atomic E-state index is 12.5. The third-order valence-electron chi connectivity index (χ3n) is 4.69. The third kappa shape index (κ3) is 9.37. The van der Waals surface area contributed by atoms with Gasteiger partial charge in [0.25, 0.3) is 0 Å². The highest BCUT2D eigenvalue weighted by Gasteiger charge is 2.36. The van der Waals surface area contributed by atoms with Gasteiger partial charge in [-0.1, -0.05) is 0 Å². The van der Waals surface area contributed by atoms with Crippen LogP contribution in [0.5, 0.6) is 0 Å². The van der Waals surface area contributed by atoms with E-state index in [9.17, 15) is 38.7 Å². The van der Waals surface area contributed by atoms with Gasteiger partial charge >= 0.3 is 5.97 Å². The number of carboxylic acid groups (broad SMARTS) is 1. The van der Waals surface area contributed by atoms with Gasteiger partial charge in [0, 0.05) is 6.54 Å². The highest BCUT2D eigenvalue weighted by molar-refractivity contribution is 5.95. The minimum Gasteiger partial charge on any atom is -0.480 e. The van der Waals surface area contributed by atoms with Gasteiger partial charge in [-0.25, -0.2) is 0 Å². The summed E-state index contributed by atoms with van der Waals surface area (Å²) in [5.74, 6) is -5.85. The van der Waals surface area contributed by atoms with E-state index < -0.39 is 85.8 Å². The van der Waals surface area contributed by atoms with Gasteiger partial charge in [0.15, 0.2) is 0 Å². The molecule has 0 spiro atoms. The number of carbonyl (C=O) groups is 7. The average Bonchev–Trinajstić information content (AvgIpc) is 3.26. The van der Waals surface area contributed by atoms with E-state index in [1.165, 1.54) is 4.90 Å². The summed E-state index contributed by atoms with van der Waals surface area (Å²) in [5, 5.41) is 26.4. The van der Waals surface area contributed by atoms with Crippen LogP contribution >= 0.6 is 0 Å². The van der Waals surface area contributed by atoms with Crippen LogP contribution in [0.15, 0.2) is 0 Å². The fourth-order valence-electron chi connectivity index (χ4n) is 3.07. The number of hydrogen-bond donors (Lipinski definition) is 8. The molecule has 6 amide bonds. The quantitative estimate of drug-likeness (QED) is 0.122. The number of carbonyl (C=O) groups excluding carboxylic acids is 6. The van der Waals surface area contributed by atoms with Crippen LogP contribution in [-0.4, -0.2) is 107 Å². The number of aliphatic carboxylic acids is 1. The third-order valence-corrected chi connectivity index (χ3v) is 4.69.